The Balaban J connectivity index is 1.34. The average molecular weight is 420 g/mol. The lowest BCUT2D eigenvalue weighted by Crippen LogP contribution is -2.64. The predicted octanol–water partition coefficient (Wildman–Crippen LogP) is 3.73. The quantitative estimate of drug-likeness (QED) is 0.711. The van der Waals surface area contributed by atoms with E-state index in [2.05, 4.69) is 75.4 Å². The zero-order chi connectivity index (χ0) is 21.1. The standard InChI is InChI=1S/C26H33N3O2/c1-30-20-24-25-18-26(12-17-31-25,21-29(24)23-10-6-3-7-11-23)28-15-13-27(14-16-28)19-22-8-4-2-5-9-22/h2-11H,12-21H2,1H3. The summed E-state index contributed by atoms with van der Waals surface area (Å²) in [4.78, 5) is 7.78. The number of methoxy groups -OCH3 is 1. The number of hydrogen-bond acceptors (Lipinski definition) is 5. The number of hydrogen-bond donors (Lipinski definition) is 0. The van der Waals surface area contributed by atoms with Crippen LogP contribution in [0.4, 0.5) is 5.69 Å². The summed E-state index contributed by atoms with van der Waals surface area (Å²) in [5, 5.41) is 0. The lowest BCUT2D eigenvalue weighted by atomic mass is 9.81. The molecule has 5 rings (SSSR count). The molecular formula is C26H33N3O2. The van der Waals surface area contributed by atoms with Crippen molar-refractivity contribution in [3.63, 3.8) is 0 Å². The summed E-state index contributed by atoms with van der Waals surface area (Å²) >= 11 is 0. The van der Waals surface area contributed by atoms with E-state index in [1.165, 1.54) is 16.9 Å². The molecule has 0 N–H and O–H groups in total. The molecule has 0 aromatic heterocycles. The zero-order valence-electron chi connectivity index (χ0n) is 18.5. The van der Waals surface area contributed by atoms with Crippen molar-refractivity contribution < 1.29 is 9.47 Å². The van der Waals surface area contributed by atoms with Gasteiger partial charge in [-0.2, -0.15) is 0 Å². The van der Waals surface area contributed by atoms with Crippen LogP contribution in [0.3, 0.4) is 0 Å². The summed E-state index contributed by atoms with van der Waals surface area (Å²) in [6.45, 7) is 7.90. The number of rotatable bonds is 6. The van der Waals surface area contributed by atoms with Gasteiger partial charge in [0.05, 0.1) is 18.9 Å². The maximum atomic E-state index is 6.20. The predicted molar refractivity (Wildman–Crippen MR) is 124 cm³/mol. The molecule has 5 heteroatoms. The maximum absolute atomic E-state index is 6.20. The first kappa shape index (κ1) is 20.6. The normalized spacial score (nSPS) is 24.9. The number of ether oxygens (including phenoxy) is 2. The minimum Gasteiger partial charge on any atom is -0.496 e. The van der Waals surface area contributed by atoms with Gasteiger partial charge in [-0.15, -0.1) is 0 Å². The fourth-order valence-corrected chi connectivity index (χ4v) is 5.41. The summed E-state index contributed by atoms with van der Waals surface area (Å²) in [7, 11) is 1.77. The van der Waals surface area contributed by atoms with E-state index in [1.807, 2.05) is 0 Å². The summed E-state index contributed by atoms with van der Waals surface area (Å²) in [5.74, 6) is 1.12. The highest BCUT2D eigenvalue weighted by molar-refractivity contribution is 5.55. The molecule has 2 aromatic rings. The number of benzene rings is 2. The van der Waals surface area contributed by atoms with E-state index in [1.54, 1.807) is 7.11 Å². The Morgan fingerprint density at radius 2 is 1.65 bits per heavy atom. The third-order valence-corrected chi connectivity index (χ3v) is 7.07. The average Bonchev–Trinajstić information content (AvgIpc) is 2.83. The largest absolute Gasteiger partial charge is 0.496 e. The van der Waals surface area contributed by atoms with E-state index in [9.17, 15) is 0 Å². The molecule has 2 saturated heterocycles. The molecule has 0 spiro atoms. The molecule has 0 aliphatic carbocycles. The molecule has 1 atom stereocenters. The summed E-state index contributed by atoms with van der Waals surface area (Å²) in [6.07, 6.45) is 2.08. The zero-order valence-corrected chi connectivity index (χ0v) is 18.5. The van der Waals surface area contributed by atoms with Crippen LogP contribution in [0.2, 0.25) is 0 Å². The van der Waals surface area contributed by atoms with Gasteiger partial charge in [0, 0.05) is 70.4 Å². The fraction of sp³-hybridized carbons (Fsp3) is 0.462. The molecule has 0 radical (unpaired) electrons. The van der Waals surface area contributed by atoms with Crippen LogP contribution in [-0.2, 0) is 16.0 Å². The highest BCUT2D eigenvalue weighted by Crippen LogP contribution is 2.42. The Morgan fingerprint density at radius 3 is 2.35 bits per heavy atom. The Bertz CT molecular complexity index is 893. The Kier molecular flexibility index (Phi) is 5.99. The van der Waals surface area contributed by atoms with Gasteiger partial charge in [-0.3, -0.25) is 9.80 Å². The molecule has 2 fully saturated rings. The topological polar surface area (TPSA) is 28.2 Å². The van der Waals surface area contributed by atoms with Gasteiger partial charge in [0.1, 0.15) is 5.76 Å². The molecular weight excluding hydrogens is 386 g/mol. The van der Waals surface area contributed by atoms with Crippen molar-refractivity contribution in [2.75, 3.05) is 57.9 Å². The molecule has 3 aliphatic rings. The van der Waals surface area contributed by atoms with Gasteiger partial charge >= 0.3 is 0 Å². The molecule has 0 amide bonds. The van der Waals surface area contributed by atoms with E-state index in [0.29, 0.717) is 6.61 Å². The van der Waals surface area contributed by atoms with E-state index in [0.717, 1.165) is 64.5 Å². The molecule has 164 valence electrons. The van der Waals surface area contributed by atoms with Crippen molar-refractivity contribution in [2.45, 2.75) is 24.9 Å². The van der Waals surface area contributed by atoms with Gasteiger partial charge in [0.2, 0.25) is 0 Å². The summed E-state index contributed by atoms with van der Waals surface area (Å²) < 4.78 is 11.8. The second-order valence-electron chi connectivity index (χ2n) is 8.97. The third kappa shape index (κ3) is 4.22. The molecule has 3 aliphatic heterocycles. The molecule has 5 nitrogen and oxygen atoms in total. The minimum atomic E-state index is 0.138. The molecule has 1 unspecified atom stereocenters. The van der Waals surface area contributed by atoms with Crippen LogP contribution in [0.5, 0.6) is 0 Å². The third-order valence-electron chi connectivity index (χ3n) is 7.07. The fourth-order valence-electron chi connectivity index (χ4n) is 5.41. The highest BCUT2D eigenvalue weighted by Gasteiger charge is 2.47. The highest BCUT2D eigenvalue weighted by atomic mass is 16.5. The SMILES string of the molecule is COCC1=C2CC(N3CCN(Cc4ccccc4)CC3)(CCO2)CN1c1ccccc1. The van der Waals surface area contributed by atoms with Crippen LogP contribution in [0.15, 0.2) is 72.1 Å². The van der Waals surface area contributed by atoms with Crippen LogP contribution >= 0.6 is 0 Å². The van der Waals surface area contributed by atoms with E-state index in [4.69, 9.17) is 9.47 Å². The second kappa shape index (κ2) is 9.03. The Labute approximate surface area is 185 Å². The Hall–Kier alpha value is -2.34. The summed E-state index contributed by atoms with van der Waals surface area (Å²) in [5.41, 5.74) is 3.96. The van der Waals surface area contributed by atoms with Crippen LogP contribution in [-0.4, -0.2) is 68.4 Å². The lowest BCUT2D eigenvalue weighted by Gasteiger charge is -2.55. The molecule has 31 heavy (non-hydrogen) atoms. The first-order valence-electron chi connectivity index (χ1n) is 11.5. The van der Waals surface area contributed by atoms with Gasteiger partial charge in [0.15, 0.2) is 0 Å². The van der Waals surface area contributed by atoms with Gasteiger partial charge in [-0.1, -0.05) is 48.5 Å². The number of fused-ring (bicyclic) bond motifs is 2. The molecule has 2 bridgehead atoms. The minimum absolute atomic E-state index is 0.138. The maximum Gasteiger partial charge on any atom is 0.120 e. The van der Waals surface area contributed by atoms with Gasteiger partial charge in [-0.25, -0.2) is 0 Å². The van der Waals surface area contributed by atoms with Crippen molar-refractivity contribution in [2.24, 2.45) is 0 Å². The number of nitrogens with zero attached hydrogens (tertiary/aromatic N) is 3. The van der Waals surface area contributed by atoms with Crippen LogP contribution < -0.4 is 4.90 Å². The van der Waals surface area contributed by atoms with Crippen molar-refractivity contribution in [1.82, 2.24) is 9.80 Å². The second-order valence-corrected chi connectivity index (χ2v) is 8.97. The smallest absolute Gasteiger partial charge is 0.120 e. The summed E-state index contributed by atoms with van der Waals surface area (Å²) in [6, 6.07) is 21.5. The van der Waals surface area contributed by atoms with E-state index >= 15 is 0 Å². The number of piperazine rings is 1. The molecule has 3 heterocycles. The molecule has 0 saturated carbocycles. The van der Waals surface area contributed by atoms with Crippen LogP contribution in [0, 0.1) is 0 Å². The van der Waals surface area contributed by atoms with Crippen LogP contribution in [0.25, 0.3) is 0 Å². The first-order chi connectivity index (χ1) is 15.3. The monoisotopic (exact) mass is 419 g/mol. The number of anilines is 1. The van der Waals surface area contributed by atoms with E-state index < -0.39 is 0 Å². The van der Waals surface area contributed by atoms with Gasteiger partial charge in [0.25, 0.3) is 0 Å². The van der Waals surface area contributed by atoms with Crippen molar-refractivity contribution in [1.29, 1.82) is 0 Å². The van der Waals surface area contributed by atoms with E-state index in [-0.39, 0.29) is 5.54 Å². The van der Waals surface area contributed by atoms with Crippen molar-refractivity contribution in [3.05, 3.63) is 77.7 Å². The van der Waals surface area contributed by atoms with Gasteiger partial charge in [-0.05, 0) is 17.7 Å². The van der Waals surface area contributed by atoms with Crippen molar-refractivity contribution >= 4 is 5.69 Å². The first-order valence-corrected chi connectivity index (χ1v) is 11.5. The molecule has 2 aromatic carbocycles. The van der Waals surface area contributed by atoms with Gasteiger partial charge < -0.3 is 14.4 Å². The lowest BCUT2D eigenvalue weighted by molar-refractivity contribution is -0.0263. The Morgan fingerprint density at radius 1 is 0.935 bits per heavy atom. The van der Waals surface area contributed by atoms with Crippen molar-refractivity contribution in [3.8, 4) is 0 Å². The number of para-hydroxylation sites is 1. The van der Waals surface area contributed by atoms with Crippen LogP contribution in [0.1, 0.15) is 18.4 Å².